The van der Waals surface area contributed by atoms with Gasteiger partial charge < -0.3 is 14.8 Å². The lowest BCUT2D eigenvalue weighted by atomic mass is 10.1. The molecule has 1 saturated heterocycles. The third-order valence-corrected chi connectivity index (χ3v) is 6.11. The number of likely N-dealkylation sites (N-methyl/N-ethyl adjacent to an activating group) is 1. The monoisotopic (exact) mass is 409 g/mol. The molecule has 2 N–H and O–H groups in total. The van der Waals surface area contributed by atoms with Crippen LogP contribution in [0, 0.1) is 0 Å². The maximum Gasteiger partial charge on any atom is 0.116 e. The van der Waals surface area contributed by atoms with Crippen LogP contribution in [0.5, 0.6) is 0 Å². The lowest BCUT2D eigenvalue weighted by Gasteiger charge is -2.34. The number of pyridine rings is 2. The van der Waals surface area contributed by atoms with Gasteiger partial charge in [0.15, 0.2) is 0 Å². The fraction of sp³-hybridized carbons (Fsp3) is 0.208. The number of anilines is 1. The van der Waals surface area contributed by atoms with Crippen LogP contribution in [0.4, 0.5) is 5.69 Å². The highest BCUT2D eigenvalue weighted by atomic mass is 15.2. The molecule has 5 heterocycles. The van der Waals surface area contributed by atoms with E-state index in [0.29, 0.717) is 0 Å². The summed E-state index contributed by atoms with van der Waals surface area (Å²) in [4.78, 5) is 17.4. The smallest absolute Gasteiger partial charge is 0.116 e. The van der Waals surface area contributed by atoms with E-state index in [0.717, 1.165) is 65.4 Å². The molecule has 5 aromatic rings. The van der Waals surface area contributed by atoms with Crippen molar-refractivity contribution in [3.63, 3.8) is 0 Å². The van der Waals surface area contributed by atoms with Gasteiger partial charge in [-0.15, -0.1) is 0 Å². The van der Waals surface area contributed by atoms with Gasteiger partial charge >= 0.3 is 0 Å². The van der Waals surface area contributed by atoms with Crippen LogP contribution in [0.2, 0.25) is 0 Å². The summed E-state index contributed by atoms with van der Waals surface area (Å²) in [5.41, 5.74) is 6.91. The minimum absolute atomic E-state index is 0.838. The number of nitrogens with zero attached hydrogens (tertiary/aromatic N) is 5. The Hall–Kier alpha value is -3.71. The SMILES string of the molecule is CN1CCN(c2cccc3[nH]c(-c4n[nH]c5cnc(-c6ccccn6)cc45)cc23)CC1. The van der Waals surface area contributed by atoms with E-state index in [1.807, 2.05) is 24.4 Å². The zero-order valence-electron chi connectivity index (χ0n) is 17.3. The highest BCUT2D eigenvalue weighted by molar-refractivity contribution is 6.00. The second kappa shape index (κ2) is 7.21. The van der Waals surface area contributed by atoms with E-state index in [-0.39, 0.29) is 0 Å². The van der Waals surface area contributed by atoms with Gasteiger partial charge in [-0.1, -0.05) is 12.1 Å². The number of piperazine rings is 1. The Bertz CT molecular complexity index is 1360. The van der Waals surface area contributed by atoms with Crippen LogP contribution < -0.4 is 4.90 Å². The first-order chi connectivity index (χ1) is 15.3. The number of rotatable bonds is 3. The minimum atomic E-state index is 0.838. The fourth-order valence-electron chi connectivity index (χ4n) is 4.37. The van der Waals surface area contributed by atoms with Gasteiger partial charge in [-0.3, -0.25) is 15.1 Å². The molecule has 0 bridgehead atoms. The lowest BCUT2D eigenvalue weighted by molar-refractivity contribution is 0.313. The summed E-state index contributed by atoms with van der Waals surface area (Å²) in [5.74, 6) is 0. The van der Waals surface area contributed by atoms with Gasteiger partial charge in [0.05, 0.1) is 28.8 Å². The van der Waals surface area contributed by atoms with Crippen molar-refractivity contribution >= 4 is 27.5 Å². The number of hydrogen-bond acceptors (Lipinski definition) is 5. The molecular formula is C24H23N7. The minimum Gasteiger partial charge on any atom is -0.368 e. The summed E-state index contributed by atoms with van der Waals surface area (Å²) in [5, 5.41) is 10.00. The van der Waals surface area contributed by atoms with Crippen molar-refractivity contribution in [2.24, 2.45) is 0 Å². The van der Waals surface area contributed by atoms with Crippen molar-refractivity contribution < 1.29 is 0 Å². The summed E-state index contributed by atoms with van der Waals surface area (Å²) >= 11 is 0. The Labute approximate surface area is 179 Å². The van der Waals surface area contributed by atoms with E-state index in [9.17, 15) is 0 Å². The molecule has 154 valence electrons. The third kappa shape index (κ3) is 3.14. The molecule has 7 nitrogen and oxygen atoms in total. The normalized spacial score (nSPS) is 15.2. The average Bonchev–Trinajstić information content (AvgIpc) is 3.43. The predicted molar refractivity (Wildman–Crippen MR) is 124 cm³/mol. The molecule has 0 atom stereocenters. The van der Waals surface area contributed by atoms with Crippen molar-refractivity contribution in [3.05, 3.63) is 60.9 Å². The number of benzene rings is 1. The summed E-state index contributed by atoms with van der Waals surface area (Å²) in [7, 11) is 2.18. The lowest BCUT2D eigenvalue weighted by Crippen LogP contribution is -2.44. The summed E-state index contributed by atoms with van der Waals surface area (Å²) < 4.78 is 0. The summed E-state index contributed by atoms with van der Waals surface area (Å²) in [6, 6.07) is 16.6. The summed E-state index contributed by atoms with van der Waals surface area (Å²) in [6.07, 6.45) is 3.61. The Morgan fingerprint density at radius 3 is 2.58 bits per heavy atom. The zero-order chi connectivity index (χ0) is 20.8. The first-order valence-electron chi connectivity index (χ1n) is 10.6. The molecule has 0 aliphatic carbocycles. The molecule has 1 aliphatic heterocycles. The van der Waals surface area contributed by atoms with Crippen molar-refractivity contribution in [3.8, 4) is 22.8 Å². The number of hydrogen-bond donors (Lipinski definition) is 2. The largest absolute Gasteiger partial charge is 0.368 e. The van der Waals surface area contributed by atoms with Crippen LogP contribution in [-0.2, 0) is 0 Å². The Kier molecular flexibility index (Phi) is 4.21. The molecule has 0 spiro atoms. The first-order valence-corrected chi connectivity index (χ1v) is 10.6. The van der Waals surface area contributed by atoms with Crippen LogP contribution in [0.25, 0.3) is 44.6 Å². The van der Waals surface area contributed by atoms with Gasteiger partial charge in [-0.2, -0.15) is 5.10 Å². The molecule has 1 aromatic carbocycles. The van der Waals surface area contributed by atoms with Crippen molar-refractivity contribution in [2.75, 3.05) is 38.1 Å². The topological polar surface area (TPSA) is 76.7 Å². The standard InChI is InChI=1S/C24H23N7/c1-30-9-11-31(12-10-30)23-7-4-6-18-16(23)13-21(27-18)24-17-14-20(19-5-2-3-8-25-19)26-15-22(17)28-29-24/h2-8,13-15,27H,9-12H2,1H3,(H,28,29). The highest BCUT2D eigenvalue weighted by Crippen LogP contribution is 2.34. The van der Waals surface area contributed by atoms with Crippen LogP contribution in [-0.4, -0.2) is 63.3 Å². The first kappa shape index (κ1) is 18.1. The number of H-pyrrole nitrogens is 2. The van der Waals surface area contributed by atoms with Crippen LogP contribution >= 0.6 is 0 Å². The Balaban J connectivity index is 1.44. The van der Waals surface area contributed by atoms with E-state index in [1.54, 1.807) is 6.20 Å². The van der Waals surface area contributed by atoms with E-state index < -0.39 is 0 Å². The van der Waals surface area contributed by atoms with Crippen LogP contribution in [0.3, 0.4) is 0 Å². The number of aromatic amines is 2. The number of aromatic nitrogens is 5. The summed E-state index contributed by atoms with van der Waals surface area (Å²) in [6.45, 7) is 4.25. The third-order valence-electron chi connectivity index (χ3n) is 6.11. The molecular weight excluding hydrogens is 386 g/mol. The van der Waals surface area contributed by atoms with Crippen molar-refractivity contribution in [1.82, 2.24) is 30.0 Å². The molecule has 1 aliphatic rings. The molecule has 6 rings (SSSR count). The van der Waals surface area contributed by atoms with E-state index in [2.05, 4.69) is 72.3 Å². The van der Waals surface area contributed by atoms with Gasteiger partial charge in [0.2, 0.25) is 0 Å². The maximum atomic E-state index is 4.61. The fourth-order valence-corrected chi connectivity index (χ4v) is 4.37. The van der Waals surface area contributed by atoms with Crippen LogP contribution in [0.15, 0.2) is 60.9 Å². The molecule has 4 aromatic heterocycles. The highest BCUT2D eigenvalue weighted by Gasteiger charge is 2.19. The van der Waals surface area contributed by atoms with E-state index >= 15 is 0 Å². The van der Waals surface area contributed by atoms with Crippen molar-refractivity contribution in [1.29, 1.82) is 0 Å². The quantitative estimate of drug-likeness (QED) is 0.472. The van der Waals surface area contributed by atoms with Gasteiger partial charge in [-0.05, 0) is 43.4 Å². The van der Waals surface area contributed by atoms with Crippen LogP contribution in [0.1, 0.15) is 0 Å². The molecule has 0 radical (unpaired) electrons. The second-order valence-corrected chi connectivity index (χ2v) is 8.11. The van der Waals surface area contributed by atoms with Gasteiger partial charge in [0.1, 0.15) is 5.69 Å². The van der Waals surface area contributed by atoms with Gasteiger partial charge in [-0.25, -0.2) is 0 Å². The molecule has 7 heteroatoms. The Morgan fingerprint density at radius 1 is 0.839 bits per heavy atom. The number of fused-ring (bicyclic) bond motifs is 2. The van der Waals surface area contributed by atoms with Gasteiger partial charge in [0.25, 0.3) is 0 Å². The number of nitrogens with one attached hydrogen (secondary N) is 2. The van der Waals surface area contributed by atoms with Gasteiger partial charge in [0, 0.05) is 54.4 Å². The molecule has 0 saturated carbocycles. The Morgan fingerprint density at radius 2 is 1.74 bits per heavy atom. The second-order valence-electron chi connectivity index (χ2n) is 8.11. The molecule has 1 fully saturated rings. The van der Waals surface area contributed by atoms with Crippen molar-refractivity contribution in [2.45, 2.75) is 0 Å². The predicted octanol–water partition coefficient (Wildman–Crippen LogP) is 3.92. The van der Waals surface area contributed by atoms with E-state index in [4.69, 9.17) is 0 Å². The molecule has 0 amide bonds. The molecule has 31 heavy (non-hydrogen) atoms. The zero-order valence-corrected chi connectivity index (χ0v) is 17.3. The molecule has 0 unspecified atom stereocenters. The average molecular weight is 409 g/mol. The maximum absolute atomic E-state index is 4.61. The van der Waals surface area contributed by atoms with E-state index in [1.165, 1.54) is 11.1 Å².